The van der Waals surface area contributed by atoms with Crippen LogP contribution in [0.25, 0.3) is 0 Å². The zero-order valence-corrected chi connectivity index (χ0v) is 11.8. The molecule has 0 aliphatic carbocycles. The van der Waals surface area contributed by atoms with Gasteiger partial charge in [0.1, 0.15) is 9.88 Å². The summed E-state index contributed by atoms with van der Waals surface area (Å²) in [5.74, 6) is -0.862. The van der Waals surface area contributed by atoms with Crippen molar-refractivity contribution in [2.24, 2.45) is 0 Å². The van der Waals surface area contributed by atoms with Gasteiger partial charge in [0.15, 0.2) is 0 Å². The van der Waals surface area contributed by atoms with Crippen LogP contribution in [0.2, 0.25) is 0 Å². The highest BCUT2D eigenvalue weighted by Crippen LogP contribution is 2.21. The van der Waals surface area contributed by atoms with Crippen molar-refractivity contribution in [3.63, 3.8) is 0 Å². The summed E-state index contributed by atoms with van der Waals surface area (Å²) in [6.45, 7) is 4.60. The molecule has 0 saturated carbocycles. The molecular weight excluding hydrogens is 268 g/mol. The number of carbonyl (C=O) groups is 1. The highest BCUT2D eigenvalue weighted by molar-refractivity contribution is 7.12. The first kappa shape index (κ1) is 13.2. The number of hydrogen-bond acceptors (Lipinski definition) is 5. The highest BCUT2D eigenvalue weighted by Gasteiger charge is 2.14. The van der Waals surface area contributed by atoms with E-state index in [0.717, 1.165) is 10.6 Å². The largest absolute Gasteiger partial charge is 0.477 e. The Morgan fingerprint density at radius 3 is 3.00 bits per heavy atom. The minimum Gasteiger partial charge on any atom is -0.477 e. The zero-order valence-electron chi connectivity index (χ0n) is 10.1. The van der Waals surface area contributed by atoms with Crippen LogP contribution in [0.1, 0.15) is 38.1 Å². The van der Waals surface area contributed by atoms with Crippen molar-refractivity contribution in [3.8, 4) is 0 Å². The summed E-state index contributed by atoms with van der Waals surface area (Å²) in [5.41, 5.74) is 0.827. The van der Waals surface area contributed by atoms with E-state index in [1.54, 1.807) is 16.7 Å². The number of hydrogen-bond donors (Lipinski definition) is 2. The Labute approximate surface area is 113 Å². The number of carboxylic acids is 1. The van der Waals surface area contributed by atoms with Crippen LogP contribution in [-0.4, -0.2) is 16.1 Å². The summed E-state index contributed by atoms with van der Waals surface area (Å²) in [7, 11) is 0. The second kappa shape index (κ2) is 5.60. The van der Waals surface area contributed by atoms with Crippen LogP contribution in [0.15, 0.2) is 17.6 Å². The van der Waals surface area contributed by atoms with Gasteiger partial charge in [-0.1, -0.05) is 0 Å². The molecule has 0 amide bonds. The average molecular weight is 282 g/mol. The lowest BCUT2D eigenvalue weighted by Gasteiger charge is -2.10. The van der Waals surface area contributed by atoms with Crippen molar-refractivity contribution >= 4 is 28.6 Å². The number of thiazole rings is 1. The molecule has 1 atom stereocenters. The van der Waals surface area contributed by atoms with Gasteiger partial charge < -0.3 is 10.4 Å². The number of aromatic carboxylic acids is 1. The molecule has 0 bridgehead atoms. The quantitative estimate of drug-likeness (QED) is 0.884. The SMILES string of the molecule is Cc1cnc(C(C)NCc2ccsc2C(=O)O)s1. The lowest BCUT2D eigenvalue weighted by Crippen LogP contribution is -2.18. The van der Waals surface area contributed by atoms with Gasteiger partial charge in [0.05, 0.1) is 6.04 Å². The van der Waals surface area contributed by atoms with E-state index in [0.29, 0.717) is 11.4 Å². The van der Waals surface area contributed by atoms with Gasteiger partial charge in [-0.25, -0.2) is 9.78 Å². The molecule has 0 radical (unpaired) electrons. The standard InChI is InChI=1S/C12H14N2O2S2/c1-7-5-14-11(18-7)8(2)13-6-9-3-4-17-10(9)12(15)16/h3-5,8,13H,6H2,1-2H3,(H,15,16). The van der Waals surface area contributed by atoms with Crippen LogP contribution in [-0.2, 0) is 6.54 Å². The third-order valence-electron chi connectivity index (χ3n) is 2.55. The van der Waals surface area contributed by atoms with Crippen molar-refractivity contribution in [1.82, 2.24) is 10.3 Å². The molecule has 0 aromatic carbocycles. The molecule has 0 spiro atoms. The molecule has 6 heteroatoms. The fourth-order valence-electron chi connectivity index (χ4n) is 1.59. The Hall–Kier alpha value is -1.24. The predicted molar refractivity (Wildman–Crippen MR) is 73.4 cm³/mol. The number of rotatable bonds is 5. The van der Waals surface area contributed by atoms with Crippen LogP contribution >= 0.6 is 22.7 Å². The molecule has 2 heterocycles. The molecule has 0 fully saturated rings. The van der Waals surface area contributed by atoms with Crippen LogP contribution < -0.4 is 5.32 Å². The molecule has 2 aromatic heterocycles. The molecule has 2 rings (SSSR count). The summed E-state index contributed by atoms with van der Waals surface area (Å²) in [4.78, 5) is 16.9. The van der Waals surface area contributed by atoms with E-state index in [2.05, 4.69) is 10.3 Å². The van der Waals surface area contributed by atoms with Gasteiger partial charge in [0.25, 0.3) is 0 Å². The van der Waals surface area contributed by atoms with Crippen LogP contribution in [0, 0.1) is 6.92 Å². The van der Waals surface area contributed by atoms with Gasteiger partial charge in [0.2, 0.25) is 0 Å². The molecular formula is C12H14N2O2S2. The summed E-state index contributed by atoms with van der Waals surface area (Å²) in [6.07, 6.45) is 1.85. The minimum absolute atomic E-state index is 0.130. The molecule has 4 nitrogen and oxygen atoms in total. The molecule has 0 aliphatic rings. The number of nitrogens with one attached hydrogen (secondary N) is 1. The maximum Gasteiger partial charge on any atom is 0.346 e. The molecule has 0 saturated heterocycles. The molecule has 96 valence electrons. The summed E-state index contributed by atoms with van der Waals surface area (Å²) < 4.78 is 0. The molecule has 0 aliphatic heterocycles. The van der Waals surface area contributed by atoms with Gasteiger partial charge in [-0.3, -0.25) is 0 Å². The van der Waals surface area contributed by atoms with Gasteiger partial charge in [-0.15, -0.1) is 22.7 Å². The predicted octanol–water partition coefficient (Wildman–Crippen LogP) is 3.06. The molecule has 18 heavy (non-hydrogen) atoms. The van der Waals surface area contributed by atoms with Gasteiger partial charge in [0, 0.05) is 17.6 Å². The Bertz CT molecular complexity index is 548. The first-order valence-corrected chi connectivity index (χ1v) is 7.23. The normalized spacial score (nSPS) is 12.6. The van der Waals surface area contributed by atoms with Crippen molar-refractivity contribution in [2.45, 2.75) is 26.4 Å². The van der Waals surface area contributed by atoms with E-state index < -0.39 is 5.97 Å². The van der Waals surface area contributed by atoms with Gasteiger partial charge >= 0.3 is 5.97 Å². The second-order valence-corrected chi connectivity index (χ2v) is 6.17. The Morgan fingerprint density at radius 2 is 2.39 bits per heavy atom. The number of thiophene rings is 1. The number of aromatic nitrogens is 1. The topological polar surface area (TPSA) is 62.2 Å². The van der Waals surface area contributed by atoms with E-state index in [1.165, 1.54) is 16.2 Å². The fourth-order valence-corrected chi connectivity index (χ4v) is 3.15. The van der Waals surface area contributed by atoms with Crippen LogP contribution in [0.5, 0.6) is 0 Å². The third-order valence-corrected chi connectivity index (χ3v) is 4.59. The lowest BCUT2D eigenvalue weighted by atomic mass is 10.2. The van der Waals surface area contributed by atoms with E-state index >= 15 is 0 Å². The first-order chi connectivity index (χ1) is 8.58. The smallest absolute Gasteiger partial charge is 0.346 e. The third kappa shape index (κ3) is 2.95. The lowest BCUT2D eigenvalue weighted by molar-refractivity contribution is 0.0701. The summed E-state index contributed by atoms with van der Waals surface area (Å²) in [6, 6.07) is 1.98. The second-order valence-electron chi connectivity index (χ2n) is 3.99. The maximum absolute atomic E-state index is 11.0. The van der Waals surface area contributed by atoms with E-state index in [-0.39, 0.29) is 6.04 Å². The van der Waals surface area contributed by atoms with Gasteiger partial charge in [-0.05, 0) is 30.9 Å². The Morgan fingerprint density at radius 1 is 1.61 bits per heavy atom. The monoisotopic (exact) mass is 282 g/mol. The van der Waals surface area contributed by atoms with E-state index in [9.17, 15) is 4.79 Å². The van der Waals surface area contributed by atoms with Crippen molar-refractivity contribution < 1.29 is 9.90 Å². The van der Waals surface area contributed by atoms with Crippen molar-refractivity contribution in [2.75, 3.05) is 0 Å². The van der Waals surface area contributed by atoms with Crippen molar-refractivity contribution in [1.29, 1.82) is 0 Å². The molecule has 1 unspecified atom stereocenters. The average Bonchev–Trinajstić information content (AvgIpc) is 2.94. The molecule has 2 aromatic rings. The number of nitrogens with zero attached hydrogens (tertiary/aromatic N) is 1. The van der Waals surface area contributed by atoms with E-state index in [4.69, 9.17) is 5.11 Å². The minimum atomic E-state index is -0.862. The Kier molecular flexibility index (Phi) is 4.11. The highest BCUT2D eigenvalue weighted by atomic mass is 32.1. The van der Waals surface area contributed by atoms with E-state index in [1.807, 2.05) is 26.1 Å². The Balaban J connectivity index is 1.99. The summed E-state index contributed by atoms with van der Waals surface area (Å²) >= 11 is 2.91. The fraction of sp³-hybridized carbons (Fsp3) is 0.333. The van der Waals surface area contributed by atoms with Crippen LogP contribution in [0.4, 0.5) is 0 Å². The summed E-state index contributed by atoms with van der Waals surface area (Å²) in [5, 5.41) is 15.1. The maximum atomic E-state index is 11.0. The van der Waals surface area contributed by atoms with Crippen molar-refractivity contribution in [3.05, 3.63) is 38.0 Å². The van der Waals surface area contributed by atoms with Gasteiger partial charge in [-0.2, -0.15) is 0 Å². The molecule has 2 N–H and O–H groups in total. The number of aryl methyl sites for hydroxylation is 1. The number of carboxylic acid groups (broad SMARTS) is 1. The first-order valence-electron chi connectivity index (χ1n) is 5.53. The zero-order chi connectivity index (χ0) is 13.1. The van der Waals surface area contributed by atoms with Crippen LogP contribution in [0.3, 0.4) is 0 Å².